The molecule has 100 valence electrons. The third-order valence-corrected chi connectivity index (χ3v) is 3.23. The molecule has 20 heavy (non-hydrogen) atoms. The first kappa shape index (κ1) is 12.7. The van der Waals surface area contributed by atoms with Crippen molar-refractivity contribution < 1.29 is 4.74 Å². The number of aryl methyl sites for hydroxylation is 1. The van der Waals surface area contributed by atoms with Crippen LogP contribution in [-0.4, -0.2) is 9.97 Å². The fourth-order valence-corrected chi connectivity index (χ4v) is 2.08. The van der Waals surface area contributed by atoms with Gasteiger partial charge in [0.2, 0.25) is 5.88 Å². The molecule has 3 rings (SSSR count). The highest BCUT2D eigenvalue weighted by molar-refractivity contribution is 6.32. The minimum absolute atomic E-state index is 0.440. The second kappa shape index (κ2) is 4.98. The molecule has 0 radical (unpaired) electrons. The molecule has 0 saturated heterocycles. The van der Waals surface area contributed by atoms with Gasteiger partial charge in [0.15, 0.2) is 0 Å². The van der Waals surface area contributed by atoms with Gasteiger partial charge in [0.1, 0.15) is 12.1 Å². The van der Waals surface area contributed by atoms with Gasteiger partial charge in [-0.2, -0.15) is 0 Å². The van der Waals surface area contributed by atoms with Crippen LogP contribution in [0.5, 0.6) is 11.6 Å². The maximum atomic E-state index is 6.14. The number of ether oxygens (including phenoxy) is 1. The third kappa shape index (κ3) is 2.38. The van der Waals surface area contributed by atoms with E-state index in [1.807, 2.05) is 25.1 Å². The molecule has 0 bridgehead atoms. The standard InChI is InChI=1S/C15H12ClN3O/c1-9-2-4-12(16)14(6-9)20-15-11-7-10(17)3-5-13(11)18-8-19-15/h2-8H,17H2,1H3. The fourth-order valence-electron chi connectivity index (χ4n) is 1.92. The molecule has 0 atom stereocenters. The summed E-state index contributed by atoms with van der Waals surface area (Å²) in [7, 11) is 0. The van der Waals surface area contributed by atoms with E-state index in [2.05, 4.69) is 9.97 Å². The Hall–Kier alpha value is -2.33. The molecule has 0 fully saturated rings. The van der Waals surface area contributed by atoms with Gasteiger partial charge in [0.05, 0.1) is 15.9 Å². The van der Waals surface area contributed by atoms with Gasteiger partial charge in [-0.15, -0.1) is 0 Å². The fraction of sp³-hybridized carbons (Fsp3) is 0.0667. The zero-order valence-corrected chi connectivity index (χ0v) is 11.6. The lowest BCUT2D eigenvalue weighted by Crippen LogP contribution is -1.93. The molecule has 4 nitrogen and oxygen atoms in total. The van der Waals surface area contributed by atoms with Crippen LogP contribution in [0.15, 0.2) is 42.7 Å². The van der Waals surface area contributed by atoms with Crippen molar-refractivity contribution in [1.82, 2.24) is 9.97 Å². The number of nitrogens with zero attached hydrogens (tertiary/aromatic N) is 2. The number of halogens is 1. The number of anilines is 1. The van der Waals surface area contributed by atoms with E-state index >= 15 is 0 Å². The molecule has 0 spiro atoms. The number of hydrogen-bond acceptors (Lipinski definition) is 4. The number of fused-ring (bicyclic) bond motifs is 1. The van der Waals surface area contributed by atoms with Crippen LogP contribution in [0, 0.1) is 6.92 Å². The van der Waals surface area contributed by atoms with E-state index in [0.717, 1.165) is 16.5 Å². The lowest BCUT2D eigenvalue weighted by atomic mass is 10.2. The van der Waals surface area contributed by atoms with Crippen LogP contribution in [0.3, 0.4) is 0 Å². The van der Waals surface area contributed by atoms with Crippen LogP contribution in [0.4, 0.5) is 5.69 Å². The zero-order chi connectivity index (χ0) is 14.1. The molecule has 2 N–H and O–H groups in total. The van der Waals surface area contributed by atoms with Crippen molar-refractivity contribution in [2.75, 3.05) is 5.73 Å². The predicted molar refractivity (Wildman–Crippen MR) is 80.2 cm³/mol. The lowest BCUT2D eigenvalue weighted by molar-refractivity contribution is 0.468. The summed E-state index contributed by atoms with van der Waals surface area (Å²) in [6, 6.07) is 11.0. The lowest BCUT2D eigenvalue weighted by Gasteiger charge is -2.09. The van der Waals surface area contributed by atoms with Crippen molar-refractivity contribution in [3.63, 3.8) is 0 Å². The van der Waals surface area contributed by atoms with Crippen molar-refractivity contribution >= 4 is 28.2 Å². The zero-order valence-electron chi connectivity index (χ0n) is 10.8. The Morgan fingerprint density at radius 1 is 1.10 bits per heavy atom. The minimum Gasteiger partial charge on any atom is -0.437 e. The van der Waals surface area contributed by atoms with Crippen LogP contribution in [0.1, 0.15) is 5.56 Å². The Morgan fingerprint density at radius 2 is 1.95 bits per heavy atom. The molecule has 1 aromatic heterocycles. The Balaban J connectivity index is 2.10. The van der Waals surface area contributed by atoms with Crippen molar-refractivity contribution in [3.05, 3.63) is 53.3 Å². The van der Waals surface area contributed by atoms with Gasteiger partial charge in [-0.05, 0) is 42.8 Å². The minimum atomic E-state index is 0.440. The number of benzene rings is 2. The van der Waals surface area contributed by atoms with Gasteiger partial charge in [-0.3, -0.25) is 0 Å². The number of nitrogens with two attached hydrogens (primary N) is 1. The largest absolute Gasteiger partial charge is 0.437 e. The summed E-state index contributed by atoms with van der Waals surface area (Å²) in [6.07, 6.45) is 1.46. The number of hydrogen-bond donors (Lipinski definition) is 1. The van der Waals surface area contributed by atoms with E-state index in [1.165, 1.54) is 6.33 Å². The maximum Gasteiger partial charge on any atom is 0.230 e. The smallest absolute Gasteiger partial charge is 0.230 e. The first-order valence-corrected chi connectivity index (χ1v) is 6.45. The Morgan fingerprint density at radius 3 is 2.80 bits per heavy atom. The summed E-state index contributed by atoms with van der Waals surface area (Å²) in [6.45, 7) is 1.97. The molecule has 0 aliphatic carbocycles. The average Bonchev–Trinajstić information content (AvgIpc) is 2.43. The number of nitrogen functional groups attached to an aromatic ring is 1. The summed E-state index contributed by atoms with van der Waals surface area (Å²) < 4.78 is 5.82. The summed E-state index contributed by atoms with van der Waals surface area (Å²) in [5.74, 6) is 1.00. The van der Waals surface area contributed by atoms with Gasteiger partial charge in [-0.1, -0.05) is 17.7 Å². The quantitative estimate of drug-likeness (QED) is 0.724. The highest BCUT2D eigenvalue weighted by Gasteiger charge is 2.09. The van der Waals surface area contributed by atoms with Gasteiger partial charge in [-0.25, -0.2) is 9.97 Å². The van der Waals surface area contributed by atoms with Crippen molar-refractivity contribution in [1.29, 1.82) is 0 Å². The van der Waals surface area contributed by atoms with Gasteiger partial charge in [0.25, 0.3) is 0 Å². The van der Waals surface area contributed by atoms with Crippen LogP contribution >= 0.6 is 11.6 Å². The van der Waals surface area contributed by atoms with Gasteiger partial charge < -0.3 is 10.5 Å². The van der Waals surface area contributed by atoms with Crippen LogP contribution in [-0.2, 0) is 0 Å². The normalized spacial score (nSPS) is 10.7. The molecule has 0 saturated carbocycles. The van der Waals surface area contributed by atoms with Crippen molar-refractivity contribution in [2.24, 2.45) is 0 Å². The summed E-state index contributed by atoms with van der Waals surface area (Å²) in [4.78, 5) is 8.35. The molecule has 0 amide bonds. The molecule has 2 aromatic carbocycles. The topological polar surface area (TPSA) is 61.0 Å². The SMILES string of the molecule is Cc1ccc(Cl)c(Oc2ncnc3ccc(N)cc23)c1. The number of aromatic nitrogens is 2. The maximum absolute atomic E-state index is 6.14. The average molecular weight is 286 g/mol. The van der Waals surface area contributed by atoms with Gasteiger partial charge >= 0.3 is 0 Å². The molecular formula is C15H12ClN3O. The van der Waals surface area contributed by atoms with Crippen LogP contribution < -0.4 is 10.5 Å². The second-order valence-corrected chi connectivity index (χ2v) is 4.90. The highest BCUT2D eigenvalue weighted by atomic mass is 35.5. The molecule has 0 aliphatic rings. The van der Waals surface area contributed by atoms with E-state index in [9.17, 15) is 0 Å². The monoisotopic (exact) mass is 285 g/mol. The van der Waals surface area contributed by atoms with Gasteiger partial charge in [0, 0.05) is 5.69 Å². The Labute approximate surface area is 121 Å². The molecule has 1 heterocycles. The van der Waals surface area contributed by atoms with E-state index in [4.69, 9.17) is 22.1 Å². The third-order valence-electron chi connectivity index (χ3n) is 2.92. The van der Waals surface area contributed by atoms with E-state index in [1.54, 1.807) is 18.2 Å². The first-order valence-electron chi connectivity index (χ1n) is 6.08. The summed E-state index contributed by atoms with van der Waals surface area (Å²) >= 11 is 6.14. The van der Waals surface area contributed by atoms with E-state index in [-0.39, 0.29) is 0 Å². The second-order valence-electron chi connectivity index (χ2n) is 4.49. The van der Waals surface area contributed by atoms with Crippen molar-refractivity contribution in [3.8, 4) is 11.6 Å². The Bertz CT molecular complexity index is 789. The summed E-state index contributed by atoms with van der Waals surface area (Å²) in [5, 5.41) is 1.29. The van der Waals surface area contributed by atoms with Crippen LogP contribution in [0.25, 0.3) is 10.9 Å². The number of rotatable bonds is 2. The molecule has 3 aromatic rings. The first-order chi connectivity index (χ1) is 9.63. The predicted octanol–water partition coefficient (Wildman–Crippen LogP) is 3.97. The Kier molecular flexibility index (Phi) is 3.16. The van der Waals surface area contributed by atoms with E-state index in [0.29, 0.717) is 22.3 Å². The van der Waals surface area contributed by atoms with E-state index < -0.39 is 0 Å². The summed E-state index contributed by atoms with van der Waals surface area (Å²) in [5.41, 5.74) is 8.26. The molecule has 0 aliphatic heterocycles. The van der Waals surface area contributed by atoms with Crippen molar-refractivity contribution in [2.45, 2.75) is 6.92 Å². The molecular weight excluding hydrogens is 274 g/mol. The molecule has 0 unspecified atom stereocenters. The highest BCUT2D eigenvalue weighted by Crippen LogP contribution is 2.32. The molecule has 5 heteroatoms. The van der Waals surface area contributed by atoms with Crippen LogP contribution in [0.2, 0.25) is 5.02 Å².